The molecule has 2 unspecified atom stereocenters. The van der Waals surface area contributed by atoms with E-state index in [-0.39, 0.29) is 17.0 Å². The quantitative estimate of drug-likeness (QED) is 0.922. The molecule has 106 valence electrons. The van der Waals surface area contributed by atoms with Gasteiger partial charge in [0, 0.05) is 31.5 Å². The molecule has 0 radical (unpaired) electrons. The molecule has 0 aliphatic carbocycles. The maximum atomic E-state index is 12.8. The fourth-order valence-corrected chi connectivity index (χ4v) is 4.80. The highest BCUT2D eigenvalue weighted by atomic mass is 32.2. The summed E-state index contributed by atoms with van der Waals surface area (Å²) in [5.74, 6) is 0. The maximum Gasteiger partial charge on any atom is 0.247 e. The van der Waals surface area contributed by atoms with Crippen molar-refractivity contribution in [3.05, 3.63) is 18.5 Å². The Labute approximate surface area is 115 Å². The second kappa shape index (κ2) is 5.46. The van der Waals surface area contributed by atoms with Crippen molar-refractivity contribution >= 4 is 15.7 Å². The van der Waals surface area contributed by atoms with Gasteiger partial charge in [0.1, 0.15) is 4.90 Å². The van der Waals surface area contributed by atoms with Gasteiger partial charge in [-0.2, -0.15) is 4.31 Å². The largest absolute Gasteiger partial charge is 0.387 e. The minimum Gasteiger partial charge on any atom is -0.387 e. The minimum atomic E-state index is -3.49. The predicted molar refractivity (Wildman–Crippen MR) is 75.6 cm³/mol. The number of nitrogens with zero attached hydrogens (tertiary/aromatic N) is 2. The highest BCUT2D eigenvalue weighted by molar-refractivity contribution is 7.89. The Morgan fingerprint density at radius 3 is 2.53 bits per heavy atom. The molecule has 1 aliphatic rings. The number of pyridine rings is 1. The van der Waals surface area contributed by atoms with Gasteiger partial charge < -0.3 is 5.32 Å². The van der Waals surface area contributed by atoms with Crippen molar-refractivity contribution in [2.75, 3.05) is 12.4 Å². The minimum absolute atomic E-state index is 0.0404. The molecule has 0 saturated carbocycles. The van der Waals surface area contributed by atoms with Crippen LogP contribution < -0.4 is 5.32 Å². The van der Waals surface area contributed by atoms with Crippen LogP contribution in [0.1, 0.15) is 33.1 Å². The summed E-state index contributed by atoms with van der Waals surface area (Å²) in [6.45, 7) is 3.95. The molecule has 5 nitrogen and oxygen atoms in total. The Kier molecular flexibility index (Phi) is 4.10. The lowest BCUT2D eigenvalue weighted by Gasteiger charge is -2.37. The van der Waals surface area contributed by atoms with Crippen molar-refractivity contribution in [3.8, 4) is 0 Å². The van der Waals surface area contributed by atoms with Gasteiger partial charge >= 0.3 is 0 Å². The molecule has 1 N–H and O–H groups in total. The first-order valence-corrected chi connectivity index (χ1v) is 8.07. The summed E-state index contributed by atoms with van der Waals surface area (Å²) in [6, 6.07) is 1.77. The number of aromatic nitrogens is 1. The van der Waals surface area contributed by atoms with Gasteiger partial charge in [-0.15, -0.1) is 0 Å². The molecule has 0 bridgehead atoms. The molecule has 0 aromatic carbocycles. The topological polar surface area (TPSA) is 62.3 Å². The predicted octanol–water partition coefficient (Wildman–Crippen LogP) is 2.07. The molecule has 0 spiro atoms. The van der Waals surface area contributed by atoms with Crippen LogP contribution in [0.3, 0.4) is 0 Å². The molecule has 19 heavy (non-hydrogen) atoms. The number of piperidine rings is 1. The molecular weight excluding hydrogens is 262 g/mol. The molecular formula is C13H21N3O2S. The van der Waals surface area contributed by atoms with Crippen LogP contribution in [0.15, 0.2) is 23.4 Å². The molecule has 1 aromatic rings. The van der Waals surface area contributed by atoms with Gasteiger partial charge in [-0.25, -0.2) is 8.42 Å². The zero-order valence-electron chi connectivity index (χ0n) is 11.6. The number of anilines is 1. The first-order chi connectivity index (χ1) is 8.98. The third-order valence-corrected chi connectivity index (χ3v) is 5.88. The third kappa shape index (κ3) is 2.60. The van der Waals surface area contributed by atoms with E-state index in [1.807, 2.05) is 13.8 Å². The van der Waals surface area contributed by atoms with Crippen LogP contribution in [-0.2, 0) is 10.0 Å². The highest BCUT2D eigenvalue weighted by Crippen LogP contribution is 2.31. The number of hydrogen-bond donors (Lipinski definition) is 1. The number of nitrogens with one attached hydrogen (secondary N) is 1. The number of sulfonamides is 1. The van der Waals surface area contributed by atoms with Crippen LogP contribution in [0.25, 0.3) is 0 Å². The Balaban J connectivity index is 2.46. The summed E-state index contributed by atoms with van der Waals surface area (Å²) in [5, 5.41) is 2.92. The highest BCUT2D eigenvalue weighted by Gasteiger charge is 2.36. The zero-order valence-corrected chi connectivity index (χ0v) is 12.4. The lowest BCUT2D eigenvalue weighted by atomic mass is 10.0. The fourth-order valence-electron chi connectivity index (χ4n) is 2.78. The first kappa shape index (κ1) is 14.3. The van der Waals surface area contributed by atoms with Gasteiger partial charge in [-0.1, -0.05) is 6.42 Å². The lowest BCUT2D eigenvalue weighted by molar-refractivity contribution is 0.204. The van der Waals surface area contributed by atoms with E-state index in [2.05, 4.69) is 10.3 Å². The van der Waals surface area contributed by atoms with E-state index in [0.717, 1.165) is 19.3 Å². The molecule has 1 aliphatic heterocycles. The number of rotatable bonds is 3. The maximum absolute atomic E-state index is 12.8. The van der Waals surface area contributed by atoms with Crippen molar-refractivity contribution in [1.82, 2.24) is 9.29 Å². The Hall–Kier alpha value is -1.14. The Bertz CT molecular complexity index is 535. The number of hydrogen-bond acceptors (Lipinski definition) is 4. The van der Waals surface area contributed by atoms with E-state index in [1.165, 1.54) is 6.20 Å². The van der Waals surface area contributed by atoms with E-state index >= 15 is 0 Å². The van der Waals surface area contributed by atoms with Gasteiger partial charge in [0.2, 0.25) is 10.0 Å². The van der Waals surface area contributed by atoms with Gasteiger partial charge in [0.05, 0.1) is 5.69 Å². The Morgan fingerprint density at radius 2 is 1.95 bits per heavy atom. The van der Waals surface area contributed by atoms with E-state index in [0.29, 0.717) is 5.69 Å². The summed E-state index contributed by atoms with van der Waals surface area (Å²) in [4.78, 5) is 4.22. The molecule has 0 amide bonds. The van der Waals surface area contributed by atoms with E-state index < -0.39 is 10.0 Å². The molecule has 1 fully saturated rings. The van der Waals surface area contributed by atoms with E-state index in [4.69, 9.17) is 0 Å². The van der Waals surface area contributed by atoms with Crippen molar-refractivity contribution in [1.29, 1.82) is 0 Å². The van der Waals surface area contributed by atoms with Crippen molar-refractivity contribution < 1.29 is 8.42 Å². The average molecular weight is 283 g/mol. The van der Waals surface area contributed by atoms with E-state index in [1.54, 1.807) is 23.6 Å². The van der Waals surface area contributed by atoms with Crippen LogP contribution in [0.4, 0.5) is 5.69 Å². The van der Waals surface area contributed by atoms with E-state index in [9.17, 15) is 8.42 Å². The van der Waals surface area contributed by atoms with Crippen LogP contribution in [0.2, 0.25) is 0 Å². The molecule has 2 heterocycles. The Morgan fingerprint density at radius 1 is 1.32 bits per heavy atom. The molecule has 1 saturated heterocycles. The monoisotopic (exact) mass is 283 g/mol. The molecule has 2 rings (SSSR count). The summed E-state index contributed by atoms with van der Waals surface area (Å²) in [7, 11) is -1.78. The normalized spacial score (nSPS) is 25.2. The van der Waals surface area contributed by atoms with Crippen LogP contribution in [-0.4, -0.2) is 36.8 Å². The van der Waals surface area contributed by atoms with Gasteiger partial charge in [0.25, 0.3) is 0 Å². The van der Waals surface area contributed by atoms with Crippen molar-refractivity contribution in [2.24, 2.45) is 0 Å². The SMILES string of the molecule is CNc1ccncc1S(=O)(=O)N1C(C)CCCC1C. The van der Waals surface area contributed by atoms with Crippen molar-refractivity contribution in [3.63, 3.8) is 0 Å². The molecule has 1 aromatic heterocycles. The van der Waals surface area contributed by atoms with Crippen LogP contribution in [0, 0.1) is 0 Å². The first-order valence-electron chi connectivity index (χ1n) is 6.63. The average Bonchev–Trinajstić information content (AvgIpc) is 2.38. The third-order valence-electron chi connectivity index (χ3n) is 3.72. The second-order valence-electron chi connectivity index (χ2n) is 5.09. The van der Waals surface area contributed by atoms with Crippen LogP contribution in [0.5, 0.6) is 0 Å². The standard InChI is InChI=1S/C13H21N3O2S/c1-10-5-4-6-11(2)16(10)19(17,18)13-9-15-8-7-12(13)14-3/h7-11H,4-6H2,1-3H3,(H,14,15). The molecule has 6 heteroatoms. The van der Waals surface area contributed by atoms with Gasteiger partial charge in [0.15, 0.2) is 0 Å². The zero-order chi connectivity index (χ0) is 14.0. The summed E-state index contributed by atoms with van der Waals surface area (Å²) < 4.78 is 27.3. The fraction of sp³-hybridized carbons (Fsp3) is 0.615. The van der Waals surface area contributed by atoms with Gasteiger partial charge in [-0.05, 0) is 32.8 Å². The van der Waals surface area contributed by atoms with Crippen molar-refractivity contribution in [2.45, 2.75) is 50.1 Å². The summed E-state index contributed by atoms with van der Waals surface area (Å²) in [5.41, 5.74) is 0.597. The van der Waals surface area contributed by atoms with Crippen LogP contribution >= 0.6 is 0 Å². The molecule has 2 atom stereocenters. The second-order valence-corrected chi connectivity index (χ2v) is 6.90. The smallest absolute Gasteiger partial charge is 0.247 e. The van der Waals surface area contributed by atoms with Gasteiger partial charge in [-0.3, -0.25) is 4.98 Å². The lowest BCUT2D eigenvalue weighted by Crippen LogP contribution is -2.47. The summed E-state index contributed by atoms with van der Waals surface area (Å²) >= 11 is 0. The summed E-state index contributed by atoms with van der Waals surface area (Å²) in [6.07, 6.45) is 5.93.